The van der Waals surface area contributed by atoms with Gasteiger partial charge in [0.25, 0.3) is 5.69 Å². The second kappa shape index (κ2) is 6.44. The molecule has 0 saturated carbocycles. The molecule has 3 N–H and O–H groups in total. The summed E-state index contributed by atoms with van der Waals surface area (Å²) in [5, 5.41) is 32.2. The highest BCUT2D eigenvalue weighted by Crippen LogP contribution is 2.27. The minimum Gasteiger partial charge on any atom is -0.396 e. The molecule has 0 aliphatic heterocycles. The largest absolute Gasteiger partial charge is 0.396 e. The van der Waals surface area contributed by atoms with E-state index in [4.69, 9.17) is 0 Å². The molecule has 0 fully saturated rings. The van der Waals surface area contributed by atoms with E-state index in [0.717, 1.165) is 0 Å². The number of nitrogens with zero attached hydrogens (tertiary/aromatic N) is 1. The van der Waals surface area contributed by atoms with Crippen LogP contribution in [-0.4, -0.2) is 40.7 Å². The van der Waals surface area contributed by atoms with E-state index >= 15 is 0 Å². The van der Waals surface area contributed by atoms with Gasteiger partial charge in [0, 0.05) is 23.6 Å². The van der Waals surface area contributed by atoms with Crippen LogP contribution in [0.15, 0.2) is 18.2 Å². The van der Waals surface area contributed by atoms with Gasteiger partial charge >= 0.3 is 0 Å². The SMILES string of the molecule is CC(=O)c1ccc(NCC(C)(CO)CO)c([N+](=O)[O-])c1. The third-order valence-electron chi connectivity index (χ3n) is 3.07. The predicted molar refractivity (Wildman–Crippen MR) is 73.9 cm³/mol. The Morgan fingerprint density at radius 2 is 2.00 bits per heavy atom. The Morgan fingerprint density at radius 3 is 2.45 bits per heavy atom. The number of hydrogen-bond donors (Lipinski definition) is 3. The van der Waals surface area contributed by atoms with Gasteiger partial charge in [-0.15, -0.1) is 0 Å². The summed E-state index contributed by atoms with van der Waals surface area (Å²) in [6, 6.07) is 4.15. The van der Waals surface area contributed by atoms with Crippen molar-refractivity contribution in [3.05, 3.63) is 33.9 Å². The van der Waals surface area contributed by atoms with Gasteiger partial charge in [0.2, 0.25) is 0 Å². The fourth-order valence-corrected chi connectivity index (χ4v) is 1.52. The van der Waals surface area contributed by atoms with Crippen molar-refractivity contribution in [1.29, 1.82) is 0 Å². The molecule has 0 bridgehead atoms. The number of ketones is 1. The molecule has 1 aromatic carbocycles. The van der Waals surface area contributed by atoms with Crippen molar-refractivity contribution in [1.82, 2.24) is 0 Å². The molecular formula is C13H18N2O5. The van der Waals surface area contributed by atoms with Crippen molar-refractivity contribution < 1.29 is 19.9 Å². The quantitative estimate of drug-likeness (QED) is 0.393. The van der Waals surface area contributed by atoms with Gasteiger partial charge < -0.3 is 15.5 Å². The number of Topliss-reactive ketones (excluding diaryl/α,β-unsaturated/α-hetero) is 1. The summed E-state index contributed by atoms with van der Waals surface area (Å²) in [6.07, 6.45) is 0. The zero-order chi connectivity index (χ0) is 15.3. The molecule has 0 aliphatic rings. The van der Waals surface area contributed by atoms with Crippen LogP contribution in [0.1, 0.15) is 24.2 Å². The number of carbonyl (C=O) groups is 1. The number of rotatable bonds is 7. The number of anilines is 1. The lowest BCUT2D eigenvalue weighted by Crippen LogP contribution is -2.34. The maximum atomic E-state index is 11.2. The van der Waals surface area contributed by atoms with Crippen molar-refractivity contribution in [2.75, 3.05) is 25.1 Å². The molecule has 0 saturated heterocycles. The van der Waals surface area contributed by atoms with Gasteiger partial charge in [-0.2, -0.15) is 0 Å². The van der Waals surface area contributed by atoms with Crippen LogP contribution in [0.3, 0.4) is 0 Å². The standard InChI is InChI=1S/C13H18N2O5/c1-9(18)10-3-4-11(12(5-10)15(19)20)14-6-13(2,7-16)8-17/h3-5,14,16-17H,6-8H2,1-2H3. The molecule has 0 amide bonds. The fourth-order valence-electron chi connectivity index (χ4n) is 1.52. The van der Waals surface area contributed by atoms with E-state index in [1.807, 2.05) is 0 Å². The number of benzene rings is 1. The third kappa shape index (κ3) is 3.75. The molecule has 20 heavy (non-hydrogen) atoms. The Bertz CT molecular complexity index is 511. The monoisotopic (exact) mass is 282 g/mol. The summed E-state index contributed by atoms with van der Waals surface area (Å²) in [5.41, 5.74) is -0.494. The highest BCUT2D eigenvalue weighted by molar-refractivity contribution is 5.95. The Labute approximate surface area is 116 Å². The van der Waals surface area contributed by atoms with Crippen molar-refractivity contribution in [3.63, 3.8) is 0 Å². The molecule has 1 rings (SSSR count). The van der Waals surface area contributed by atoms with Crippen LogP contribution in [-0.2, 0) is 0 Å². The van der Waals surface area contributed by atoms with Gasteiger partial charge in [0.15, 0.2) is 5.78 Å². The second-order valence-electron chi connectivity index (χ2n) is 5.03. The van der Waals surface area contributed by atoms with Crippen molar-refractivity contribution in [2.45, 2.75) is 13.8 Å². The molecule has 0 atom stereocenters. The molecule has 7 nitrogen and oxygen atoms in total. The smallest absolute Gasteiger partial charge is 0.293 e. The fraction of sp³-hybridized carbons (Fsp3) is 0.462. The van der Waals surface area contributed by atoms with E-state index in [2.05, 4.69) is 5.32 Å². The van der Waals surface area contributed by atoms with Crippen molar-refractivity contribution >= 4 is 17.2 Å². The number of hydrogen-bond acceptors (Lipinski definition) is 6. The number of aliphatic hydroxyl groups is 2. The number of nitrogens with one attached hydrogen (secondary N) is 1. The van der Waals surface area contributed by atoms with Crippen LogP contribution in [0.5, 0.6) is 0 Å². The van der Waals surface area contributed by atoms with E-state index in [1.165, 1.54) is 25.1 Å². The number of nitro benzene ring substituents is 1. The first-order valence-corrected chi connectivity index (χ1v) is 6.08. The molecular weight excluding hydrogens is 264 g/mol. The van der Waals surface area contributed by atoms with Crippen LogP contribution >= 0.6 is 0 Å². The number of nitro groups is 1. The van der Waals surface area contributed by atoms with Crippen LogP contribution in [0, 0.1) is 15.5 Å². The molecule has 0 spiro atoms. The van der Waals surface area contributed by atoms with E-state index < -0.39 is 10.3 Å². The predicted octanol–water partition coefficient (Wildman–Crippen LogP) is 1.20. The summed E-state index contributed by atoms with van der Waals surface area (Å²) in [4.78, 5) is 21.7. The second-order valence-corrected chi connectivity index (χ2v) is 5.03. The first-order valence-electron chi connectivity index (χ1n) is 6.08. The minimum atomic E-state index is -0.785. The Hall–Kier alpha value is -1.99. The molecule has 0 heterocycles. The average Bonchev–Trinajstić information content (AvgIpc) is 2.44. The van der Waals surface area contributed by atoms with Crippen molar-refractivity contribution in [2.24, 2.45) is 5.41 Å². The molecule has 1 aromatic rings. The van der Waals surface area contributed by atoms with Crippen molar-refractivity contribution in [3.8, 4) is 0 Å². The first kappa shape index (κ1) is 16.1. The van der Waals surface area contributed by atoms with Gasteiger partial charge in [-0.25, -0.2) is 0 Å². The maximum absolute atomic E-state index is 11.2. The molecule has 0 aromatic heterocycles. The van der Waals surface area contributed by atoms with Crippen LogP contribution in [0.4, 0.5) is 11.4 Å². The molecule has 0 radical (unpaired) electrons. The van der Waals surface area contributed by atoms with Gasteiger partial charge in [0.05, 0.1) is 18.1 Å². The summed E-state index contributed by atoms with van der Waals surface area (Å²) in [5.74, 6) is -0.254. The Balaban J connectivity index is 3.01. The minimum absolute atomic E-state index is 0.167. The number of aliphatic hydroxyl groups excluding tert-OH is 2. The molecule has 7 heteroatoms. The van der Waals surface area contributed by atoms with Gasteiger partial charge in [-0.05, 0) is 19.1 Å². The van der Waals surface area contributed by atoms with E-state index in [0.29, 0.717) is 0 Å². The topological polar surface area (TPSA) is 113 Å². The highest BCUT2D eigenvalue weighted by Gasteiger charge is 2.24. The molecule has 0 unspecified atom stereocenters. The first-order chi connectivity index (χ1) is 9.33. The van der Waals surface area contributed by atoms with Crippen LogP contribution in [0.2, 0.25) is 0 Å². The zero-order valence-electron chi connectivity index (χ0n) is 11.4. The van der Waals surface area contributed by atoms with E-state index in [9.17, 15) is 25.1 Å². The summed E-state index contributed by atoms with van der Waals surface area (Å²) in [6.45, 7) is 2.64. The molecule has 110 valence electrons. The summed E-state index contributed by atoms with van der Waals surface area (Å²) in [7, 11) is 0. The average molecular weight is 282 g/mol. The summed E-state index contributed by atoms with van der Waals surface area (Å²) >= 11 is 0. The zero-order valence-corrected chi connectivity index (χ0v) is 11.4. The lowest BCUT2D eigenvalue weighted by molar-refractivity contribution is -0.384. The maximum Gasteiger partial charge on any atom is 0.293 e. The van der Waals surface area contributed by atoms with Crippen LogP contribution < -0.4 is 5.32 Å². The molecule has 0 aliphatic carbocycles. The van der Waals surface area contributed by atoms with Gasteiger partial charge in [-0.3, -0.25) is 14.9 Å². The number of carbonyl (C=O) groups excluding carboxylic acids is 1. The Morgan fingerprint density at radius 1 is 1.40 bits per heavy atom. The van der Waals surface area contributed by atoms with E-state index in [1.54, 1.807) is 6.92 Å². The summed E-state index contributed by atoms with van der Waals surface area (Å²) < 4.78 is 0. The Kier molecular flexibility index (Phi) is 5.18. The lowest BCUT2D eigenvalue weighted by Gasteiger charge is -2.25. The lowest BCUT2D eigenvalue weighted by atomic mass is 9.93. The normalized spacial score (nSPS) is 11.2. The van der Waals surface area contributed by atoms with Gasteiger partial charge in [-0.1, -0.05) is 6.92 Å². The van der Waals surface area contributed by atoms with E-state index in [-0.39, 0.29) is 42.5 Å². The highest BCUT2D eigenvalue weighted by atomic mass is 16.6. The third-order valence-corrected chi connectivity index (χ3v) is 3.07. The van der Waals surface area contributed by atoms with Gasteiger partial charge in [0.1, 0.15) is 5.69 Å². The van der Waals surface area contributed by atoms with Crippen LogP contribution in [0.25, 0.3) is 0 Å².